The van der Waals surface area contributed by atoms with Crippen molar-refractivity contribution in [3.63, 3.8) is 0 Å². The molecule has 6 nitrogen and oxygen atoms in total. The van der Waals surface area contributed by atoms with Gasteiger partial charge in [0.25, 0.3) is 0 Å². The minimum absolute atomic E-state index is 0.196. The number of rotatable bonds is 5. The first-order chi connectivity index (χ1) is 8.04. The Morgan fingerprint density at radius 2 is 2.06 bits per heavy atom. The van der Waals surface area contributed by atoms with Crippen molar-refractivity contribution in [1.29, 1.82) is 0 Å². The van der Waals surface area contributed by atoms with Crippen molar-refractivity contribution in [3.05, 3.63) is 23.3 Å². The first-order valence-corrected chi connectivity index (χ1v) is 4.74. The average molecular weight is 239 g/mol. The number of carbonyl (C=O) groups is 2. The van der Waals surface area contributed by atoms with Gasteiger partial charge in [-0.3, -0.25) is 9.59 Å². The molecule has 0 amide bonds. The molecule has 3 N–H and O–H groups in total. The van der Waals surface area contributed by atoms with Crippen molar-refractivity contribution in [1.82, 2.24) is 0 Å². The van der Waals surface area contributed by atoms with Crippen LogP contribution in [0.4, 0.5) is 0 Å². The number of hydrogen-bond acceptors (Lipinski definition) is 5. The number of benzene rings is 1. The predicted molar refractivity (Wildman–Crippen MR) is 59.5 cm³/mol. The fraction of sp³-hybridized carbons (Fsp3) is 0.273. The standard InChI is InChI=1S/C11H13NO5/c1-16-8-4-6(5-13)3-7(10(8)17-2)9(12)11(14)15/h3-5,9H,12H2,1-2H3,(H,14,15). The second kappa shape index (κ2) is 5.31. The van der Waals surface area contributed by atoms with Gasteiger partial charge >= 0.3 is 5.97 Å². The van der Waals surface area contributed by atoms with Gasteiger partial charge in [0.1, 0.15) is 12.3 Å². The van der Waals surface area contributed by atoms with Gasteiger partial charge in [-0.1, -0.05) is 0 Å². The Bertz CT molecular complexity index is 444. The zero-order valence-corrected chi connectivity index (χ0v) is 9.47. The summed E-state index contributed by atoms with van der Waals surface area (Å²) in [5.41, 5.74) is 5.98. The Morgan fingerprint density at radius 1 is 1.41 bits per heavy atom. The molecule has 0 aliphatic heterocycles. The summed E-state index contributed by atoms with van der Waals surface area (Å²) >= 11 is 0. The molecule has 0 radical (unpaired) electrons. The van der Waals surface area contributed by atoms with Gasteiger partial charge in [0.2, 0.25) is 0 Å². The largest absolute Gasteiger partial charge is 0.493 e. The number of carboxylic acids is 1. The Balaban J connectivity index is 3.43. The second-order valence-electron chi connectivity index (χ2n) is 3.28. The molecule has 0 aliphatic rings. The van der Waals surface area contributed by atoms with E-state index in [1.165, 1.54) is 26.4 Å². The first kappa shape index (κ1) is 13.0. The summed E-state index contributed by atoms with van der Waals surface area (Å²) in [7, 11) is 2.76. The number of methoxy groups -OCH3 is 2. The van der Waals surface area contributed by atoms with Crippen molar-refractivity contribution in [2.24, 2.45) is 5.73 Å². The highest BCUT2D eigenvalue weighted by atomic mass is 16.5. The van der Waals surface area contributed by atoms with Crippen LogP contribution in [0.1, 0.15) is 22.0 Å². The molecule has 17 heavy (non-hydrogen) atoms. The summed E-state index contributed by atoms with van der Waals surface area (Å²) in [5.74, 6) is -0.731. The Hall–Kier alpha value is -2.08. The molecular weight excluding hydrogens is 226 g/mol. The molecule has 0 fully saturated rings. The number of carbonyl (C=O) groups excluding carboxylic acids is 1. The van der Waals surface area contributed by atoms with Crippen LogP contribution in [-0.4, -0.2) is 31.6 Å². The average Bonchev–Trinajstić information content (AvgIpc) is 2.35. The van der Waals surface area contributed by atoms with Gasteiger partial charge in [-0.05, 0) is 12.1 Å². The van der Waals surface area contributed by atoms with Crippen molar-refractivity contribution in [2.75, 3.05) is 14.2 Å². The number of aldehydes is 1. The third-order valence-corrected chi connectivity index (χ3v) is 2.27. The maximum atomic E-state index is 10.9. The molecule has 0 spiro atoms. The van der Waals surface area contributed by atoms with E-state index in [0.717, 1.165) is 0 Å². The third-order valence-electron chi connectivity index (χ3n) is 2.27. The molecule has 1 aromatic rings. The van der Waals surface area contributed by atoms with Crippen LogP contribution in [0.25, 0.3) is 0 Å². The van der Waals surface area contributed by atoms with Gasteiger partial charge in [-0.25, -0.2) is 0 Å². The number of nitrogens with two attached hydrogens (primary N) is 1. The van der Waals surface area contributed by atoms with Crippen molar-refractivity contribution in [3.8, 4) is 11.5 Å². The number of ether oxygens (including phenoxy) is 2. The van der Waals surface area contributed by atoms with Crippen LogP contribution in [0.2, 0.25) is 0 Å². The van der Waals surface area contributed by atoms with E-state index in [1.54, 1.807) is 0 Å². The summed E-state index contributed by atoms with van der Waals surface area (Å²) in [6.45, 7) is 0. The summed E-state index contributed by atoms with van der Waals surface area (Å²) < 4.78 is 10.1. The number of aliphatic carboxylic acids is 1. The fourth-order valence-electron chi connectivity index (χ4n) is 1.45. The molecule has 0 saturated heterocycles. The number of carboxylic acid groups (broad SMARTS) is 1. The van der Waals surface area contributed by atoms with E-state index in [4.69, 9.17) is 20.3 Å². The van der Waals surface area contributed by atoms with Gasteiger partial charge in [-0.2, -0.15) is 0 Å². The SMILES string of the molecule is COc1cc(C=O)cc(C(N)C(=O)O)c1OC. The monoisotopic (exact) mass is 239 g/mol. The fourth-order valence-corrected chi connectivity index (χ4v) is 1.45. The van der Waals surface area contributed by atoms with Gasteiger partial charge in [0, 0.05) is 11.1 Å². The quantitative estimate of drug-likeness (QED) is 0.730. The van der Waals surface area contributed by atoms with Crippen molar-refractivity contribution < 1.29 is 24.2 Å². The molecule has 1 atom stereocenters. The van der Waals surface area contributed by atoms with Crippen LogP contribution in [0.5, 0.6) is 11.5 Å². The van der Waals surface area contributed by atoms with Gasteiger partial charge in [-0.15, -0.1) is 0 Å². The van der Waals surface area contributed by atoms with E-state index >= 15 is 0 Å². The van der Waals surface area contributed by atoms with E-state index in [1.807, 2.05) is 0 Å². The van der Waals surface area contributed by atoms with Crippen LogP contribution < -0.4 is 15.2 Å². The molecule has 0 heterocycles. The van der Waals surface area contributed by atoms with Crippen LogP contribution in [0.3, 0.4) is 0 Å². The van der Waals surface area contributed by atoms with Crippen LogP contribution in [0.15, 0.2) is 12.1 Å². The summed E-state index contributed by atoms with van der Waals surface area (Å²) in [6, 6.07) is 1.54. The summed E-state index contributed by atoms with van der Waals surface area (Å²) in [6.07, 6.45) is 0.583. The van der Waals surface area contributed by atoms with E-state index in [9.17, 15) is 9.59 Å². The minimum Gasteiger partial charge on any atom is -0.493 e. The smallest absolute Gasteiger partial charge is 0.325 e. The maximum Gasteiger partial charge on any atom is 0.325 e. The lowest BCUT2D eigenvalue weighted by molar-refractivity contribution is -0.138. The van der Waals surface area contributed by atoms with Crippen LogP contribution in [-0.2, 0) is 4.79 Å². The molecule has 0 bridgehead atoms. The molecule has 92 valence electrons. The van der Waals surface area contributed by atoms with Crippen molar-refractivity contribution >= 4 is 12.3 Å². The van der Waals surface area contributed by atoms with Crippen molar-refractivity contribution in [2.45, 2.75) is 6.04 Å². The molecule has 0 saturated carbocycles. The Morgan fingerprint density at radius 3 is 2.47 bits per heavy atom. The lowest BCUT2D eigenvalue weighted by atomic mass is 10.0. The highest BCUT2D eigenvalue weighted by molar-refractivity contribution is 5.81. The molecule has 0 aromatic heterocycles. The second-order valence-corrected chi connectivity index (χ2v) is 3.28. The lowest BCUT2D eigenvalue weighted by Crippen LogP contribution is -2.21. The highest BCUT2D eigenvalue weighted by Crippen LogP contribution is 2.35. The van der Waals surface area contributed by atoms with Gasteiger partial charge < -0.3 is 20.3 Å². The first-order valence-electron chi connectivity index (χ1n) is 4.74. The maximum absolute atomic E-state index is 10.9. The van der Waals surface area contributed by atoms with E-state index in [0.29, 0.717) is 6.29 Å². The predicted octanol–water partition coefficient (Wildman–Crippen LogP) is 0.601. The van der Waals surface area contributed by atoms with Crippen LogP contribution >= 0.6 is 0 Å². The highest BCUT2D eigenvalue weighted by Gasteiger charge is 2.22. The third kappa shape index (κ3) is 2.54. The molecule has 1 aromatic carbocycles. The molecular formula is C11H13NO5. The molecule has 6 heteroatoms. The topological polar surface area (TPSA) is 98.9 Å². The zero-order chi connectivity index (χ0) is 13.0. The molecule has 1 unspecified atom stereocenters. The Labute approximate surface area is 97.9 Å². The normalized spacial score (nSPS) is 11.7. The van der Waals surface area contributed by atoms with Crippen LogP contribution in [0, 0.1) is 0 Å². The number of hydrogen-bond donors (Lipinski definition) is 2. The van der Waals surface area contributed by atoms with E-state index in [-0.39, 0.29) is 22.6 Å². The lowest BCUT2D eigenvalue weighted by Gasteiger charge is -2.15. The Kier molecular flexibility index (Phi) is 4.06. The minimum atomic E-state index is -1.28. The van der Waals surface area contributed by atoms with E-state index < -0.39 is 12.0 Å². The molecule has 0 aliphatic carbocycles. The zero-order valence-electron chi connectivity index (χ0n) is 9.47. The summed E-state index contributed by atoms with van der Waals surface area (Å²) in [5, 5.41) is 8.87. The van der Waals surface area contributed by atoms with E-state index in [2.05, 4.69) is 0 Å². The van der Waals surface area contributed by atoms with Gasteiger partial charge in [0.15, 0.2) is 11.5 Å². The van der Waals surface area contributed by atoms with Gasteiger partial charge in [0.05, 0.1) is 14.2 Å². The molecule has 1 rings (SSSR count). The summed E-state index contributed by atoms with van der Waals surface area (Å²) in [4.78, 5) is 21.6.